The highest BCUT2D eigenvalue weighted by Gasteiger charge is 2.48. The van der Waals surface area contributed by atoms with Gasteiger partial charge in [0.2, 0.25) is 5.13 Å². The molecule has 0 bridgehead atoms. The molecule has 1 N–H and O–H groups in total. The van der Waals surface area contributed by atoms with Crippen LogP contribution in [0.3, 0.4) is 0 Å². The zero-order valence-electron chi connectivity index (χ0n) is 21.9. The first-order chi connectivity index (χ1) is 20.3. The molecule has 214 valence electrons. The SMILES string of the molecule is COc1cccc(C2/C(=C(\O)c3ccc4c(c3)OCCO4)C(=O)C(=O)N2c2nnc(SCc3ccc(Cl)cc3Cl)s2)c1. The van der Waals surface area contributed by atoms with Crippen LogP contribution >= 0.6 is 46.3 Å². The van der Waals surface area contributed by atoms with E-state index in [0.29, 0.717) is 61.7 Å². The van der Waals surface area contributed by atoms with E-state index in [1.54, 1.807) is 54.6 Å². The number of aromatic nitrogens is 2. The van der Waals surface area contributed by atoms with Gasteiger partial charge < -0.3 is 19.3 Å². The Morgan fingerprint density at radius 1 is 1.07 bits per heavy atom. The van der Waals surface area contributed by atoms with Crippen molar-refractivity contribution in [2.24, 2.45) is 0 Å². The van der Waals surface area contributed by atoms with Crippen LogP contribution in [0.5, 0.6) is 17.2 Å². The zero-order valence-corrected chi connectivity index (χ0v) is 25.0. The number of anilines is 1. The Bertz CT molecular complexity index is 1740. The summed E-state index contributed by atoms with van der Waals surface area (Å²) >= 11 is 14.9. The molecule has 4 aromatic rings. The van der Waals surface area contributed by atoms with Crippen molar-refractivity contribution in [1.82, 2.24) is 10.2 Å². The zero-order chi connectivity index (χ0) is 29.4. The fourth-order valence-electron chi connectivity index (χ4n) is 4.64. The molecule has 0 spiro atoms. The van der Waals surface area contributed by atoms with Crippen molar-refractivity contribution in [2.45, 2.75) is 16.1 Å². The minimum Gasteiger partial charge on any atom is -0.507 e. The third-order valence-electron chi connectivity index (χ3n) is 6.64. The number of benzene rings is 3. The molecule has 2 aliphatic heterocycles. The fraction of sp³-hybridized carbons (Fsp3) is 0.172. The van der Waals surface area contributed by atoms with E-state index in [1.807, 2.05) is 6.07 Å². The van der Waals surface area contributed by atoms with Crippen LogP contribution in [-0.4, -0.2) is 47.3 Å². The van der Waals surface area contributed by atoms with Crippen molar-refractivity contribution >= 4 is 68.9 Å². The quantitative estimate of drug-likeness (QED) is 0.0790. The van der Waals surface area contributed by atoms with E-state index >= 15 is 0 Å². The van der Waals surface area contributed by atoms with Crippen LogP contribution in [0.2, 0.25) is 10.0 Å². The summed E-state index contributed by atoms with van der Waals surface area (Å²) in [5.41, 5.74) is 1.62. The molecule has 6 rings (SSSR count). The third-order valence-corrected chi connectivity index (χ3v) is 9.33. The lowest BCUT2D eigenvalue weighted by atomic mass is 9.95. The fourth-order valence-corrected chi connectivity index (χ4v) is 7.07. The van der Waals surface area contributed by atoms with Crippen molar-refractivity contribution in [2.75, 3.05) is 25.2 Å². The predicted octanol–water partition coefficient (Wildman–Crippen LogP) is 6.54. The van der Waals surface area contributed by atoms with E-state index in [-0.39, 0.29) is 16.5 Å². The summed E-state index contributed by atoms with van der Waals surface area (Å²) in [6, 6.07) is 16.1. The molecule has 1 atom stereocenters. The highest BCUT2D eigenvalue weighted by Crippen LogP contribution is 2.45. The van der Waals surface area contributed by atoms with Gasteiger partial charge in [-0.05, 0) is 53.6 Å². The number of Topliss-reactive ketones (excluding diaryl/α,β-unsaturated/α-hetero) is 1. The van der Waals surface area contributed by atoms with E-state index in [9.17, 15) is 14.7 Å². The topological polar surface area (TPSA) is 111 Å². The van der Waals surface area contributed by atoms with Crippen LogP contribution in [0.4, 0.5) is 5.13 Å². The minimum atomic E-state index is -0.996. The van der Waals surface area contributed by atoms with E-state index in [4.69, 9.17) is 37.4 Å². The van der Waals surface area contributed by atoms with Gasteiger partial charge in [-0.2, -0.15) is 0 Å². The number of carbonyl (C=O) groups is 2. The van der Waals surface area contributed by atoms with Gasteiger partial charge in [0.15, 0.2) is 15.8 Å². The number of methoxy groups -OCH3 is 1. The highest BCUT2D eigenvalue weighted by molar-refractivity contribution is 8.00. The van der Waals surface area contributed by atoms with Crippen molar-refractivity contribution in [3.63, 3.8) is 0 Å². The van der Waals surface area contributed by atoms with Crippen LogP contribution in [-0.2, 0) is 15.3 Å². The Balaban J connectivity index is 1.39. The van der Waals surface area contributed by atoms with Gasteiger partial charge in [0.25, 0.3) is 5.78 Å². The van der Waals surface area contributed by atoms with Gasteiger partial charge in [-0.25, -0.2) is 0 Å². The number of fused-ring (bicyclic) bond motifs is 1. The molecule has 1 fully saturated rings. The maximum Gasteiger partial charge on any atom is 0.301 e. The minimum absolute atomic E-state index is 0.0951. The monoisotopic (exact) mass is 641 g/mol. The molecular formula is C29H21Cl2N3O6S2. The van der Waals surface area contributed by atoms with Crippen molar-refractivity contribution < 1.29 is 28.9 Å². The number of rotatable bonds is 7. The van der Waals surface area contributed by atoms with Crippen LogP contribution < -0.4 is 19.1 Å². The summed E-state index contributed by atoms with van der Waals surface area (Å²) in [4.78, 5) is 28.3. The molecule has 3 aromatic carbocycles. The standard InChI is InChI=1S/C29H21Cl2N3O6S2/c1-38-19-4-2-3-15(11-19)24-23(25(35)16-6-8-21-22(12-16)40-10-9-39-21)26(36)27(37)34(24)28-32-33-29(42-28)41-14-17-5-7-18(30)13-20(17)31/h2-8,11-13,24,35H,9-10,14H2,1H3/b25-23+. The van der Waals surface area contributed by atoms with Gasteiger partial charge in [0.05, 0.1) is 18.7 Å². The van der Waals surface area contributed by atoms with Gasteiger partial charge in [-0.3, -0.25) is 14.5 Å². The second kappa shape index (κ2) is 11.8. The number of halogens is 2. The number of amides is 1. The van der Waals surface area contributed by atoms with E-state index in [1.165, 1.54) is 23.8 Å². The lowest BCUT2D eigenvalue weighted by Crippen LogP contribution is -2.29. The Labute approximate surface area is 258 Å². The third kappa shape index (κ3) is 5.40. The Kier molecular flexibility index (Phi) is 8.00. The Morgan fingerprint density at radius 3 is 2.67 bits per heavy atom. The van der Waals surface area contributed by atoms with E-state index < -0.39 is 17.7 Å². The van der Waals surface area contributed by atoms with Crippen LogP contribution in [0.1, 0.15) is 22.7 Å². The summed E-state index contributed by atoms with van der Waals surface area (Å²) < 4.78 is 17.2. The molecule has 9 nitrogen and oxygen atoms in total. The van der Waals surface area contributed by atoms with Gasteiger partial charge in [0, 0.05) is 21.4 Å². The number of carbonyl (C=O) groups excluding carboxylic acids is 2. The van der Waals surface area contributed by atoms with Gasteiger partial charge in [0.1, 0.15) is 24.7 Å². The lowest BCUT2D eigenvalue weighted by molar-refractivity contribution is -0.132. The molecule has 13 heteroatoms. The average Bonchev–Trinajstić information content (AvgIpc) is 3.57. The second-order valence-corrected chi connectivity index (χ2v) is 12.2. The smallest absolute Gasteiger partial charge is 0.301 e. The molecule has 1 aromatic heterocycles. The second-order valence-electron chi connectivity index (χ2n) is 9.18. The predicted molar refractivity (Wildman–Crippen MR) is 161 cm³/mol. The molecule has 1 amide bonds. The molecule has 0 aliphatic carbocycles. The largest absolute Gasteiger partial charge is 0.507 e. The number of hydrogen-bond donors (Lipinski definition) is 1. The van der Waals surface area contributed by atoms with Crippen LogP contribution in [0.25, 0.3) is 5.76 Å². The summed E-state index contributed by atoms with van der Waals surface area (Å²) in [7, 11) is 1.52. The molecule has 2 aliphatic rings. The van der Waals surface area contributed by atoms with Crippen LogP contribution in [0.15, 0.2) is 70.6 Å². The van der Waals surface area contributed by atoms with E-state index in [2.05, 4.69) is 10.2 Å². The number of aliphatic hydroxyl groups is 1. The summed E-state index contributed by atoms with van der Waals surface area (Å²) in [5, 5.41) is 21.3. The van der Waals surface area contributed by atoms with Crippen LogP contribution in [0, 0.1) is 0 Å². The molecule has 1 saturated heterocycles. The van der Waals surface area contributed by atoms with Crippen molar-refractivity contribution in [1.29, 1.82) is 0 Å². The molecule has 3 heterocycles. The number of nitrogens with zero attached hydrogens (tertiary/aromatic N) is 3. The molecule has 0 radical (unpaired) electrons. The Morgan fingerprint density at radius 2 is 1.88 bits per heavy atom. The number of aliphatic hydroxyl groups excluding tert-OH is 1. The van der Waals surface area contributed by atoms with Crippen molar-refractivity contribution in [3.05, 3.63) is 93.0 Å². The summed E-state index contributed by atoms with van der Waals surface area (Å²) in [5.74, 6) is -0.0661. The van der Waals surface area contributed by atoms with Gasteiger partial charge in [-0.15, -0.1) is 10.2 Å². The maximum absolute atomic E-state index is 13.5. The normalized spacial score (nSPS) is 17.5. The Hall–Kier alpha value is -3.77. The molecule has 42 heavy (non-hydrogen) atoms. The van der Waals surface area contributed by atoms with Gasteiger partial charge in [-0.1, -0.05) is 64.5 Å². The first-order valence-electron chi connectivity index (χ1n) is 12.6. The van der Waals surface area contributed by atoms with Crippen molar-refractivity contribution in [3.8, 4) is 17.2 Å². The van der Waals surface area contributed by atoms with E-state index in [0.717, 1.165) is 16.9 Å². The maximum atomic E-state index is 13.5. The average molecular weight is 643 g/mol. The number of thioether (sulfide) groups is 1. The molecule has 0 saturated carbocycles. The number of ketones is 1. The number of ether oxygens (including phenoxy) is 3. The highest BCUT2D eigenvalue weighted by atomic mass is 35.5. The lowest BCUT2D eigenvalue weighted by Gasteiger charge is -2.23. The summed E-state index contributed by atoms with van der Waals surface area (Å²) in [6.07, 6.45) is 0. The molecular weight excluding hydrogens is 621 g/mol. The molecule has 1 unspecified atom stereocenters. The first kappa shape index (κ1) is 28.4. The van der Waals surface area contributed by atoms with Gasteiger partial charge >= 0.3 is 5.91 Å². The first-order valence-corrected chi connectivity index (χ1v) is 15.1. The summed E-state index contributed by atoms with van der Waals surface area (Å²) in [6.45, 7) is 0.765. The number of hydrogen-bond acceptors (Lipinski definition) is 10.